The van der Waals surface area contributed by atoms with Gasteiger partial charge < -0.3 is 10.1 Å². The number of hydrogen-bond donors (Lipinski definition) is 2. The Hall–Kier alpha value is -2.37. The lowest BCUT2D eigenvalue weighted by molar-refractivity contribution is 0.101. The number of aromatic amines is 1. The fourth-order valence-electron chi connectivity index (χ4n) is 2.79. The maximum Gasteiger partial charge on any atom is 0.280 e. The van der Waals surface area contributed by atoms with Crippen LogP contribution in [0.3, 0.4) is 0 Å². The van der Waals surface area contributed by atoms with E-state index in [1.54, 1.807) is 24.3 Å². The van der Waals surface area contributed by atoms with Gasteiger partial charge in [-0.1, -0.05) is 51.8 Å². The molecule has 3 aromatic rings. The van der Waals surface area contributed by atoms with Crippen molar-refractivity contribution >= 4 is 39.1 Å². The molecule has 1 aliphatic heterocycles. The minimum atomic E-state index is -0.371. The Balaban J connectivity index is 1.87. The van der Waals surface area contributed by atoms with Gasteiger partial charge >= 0.3 is 0 Å². The van der Waals surface area contributed by atoms with Crippen molar-refractivity contribution < 1.29 is 9.90 Å². The number of amides is 1. The van der Waals surface area contributed by atoms with E-state index in [0.717, 1.165) is 15.6 Å². The van der Waals surface area contributed by atoms with Crippen molar-refractivity contribution in [3.05, 3.63) is 74.7 Å². The quantitative estimate of drug-likeness (QED) is 0.648. The fraction of sp³-hybridized carbons (Fsp3) is 0. The summed E-state index contributed by atoms with van der Waals surface area (Å²) in [6, 6.07) is 14.5. The first-order valence-electron chi connectivity index (χ1n) is 7.15. The molecule has 0 saturated carbocycles. The predicted octanol–water partition coefficient (Wildman–Crippen LogP) is 4.79. The highest BCUT2D eigenvalue weighted by Crippen LogP contribution is 2.38. The number of rotatable bonds is 2. The van der Waals surface area contributed by atoms with Crippen molar-refractivity contribution in [1.82, 2.24) is 4.98 Å². The number of halogens is 2. The van der Waals surface area contributed by atoms with Gasteiger partial charge in [0.25, 0.3) is 5.91 Å². The van der Waals surface area contributed by atoms with E-state index in [0.29, 0.717) is 27.6 Å². The van der Waals surface area contributed by atoms with E-state index in [1.807, 2.05) is 24.3 Å². The van der Waals surface area contributed by atoms with Gasteiger partial charge in [0.05, 0.1) is 22.5 Å². The second-order valence-electron chi connectivity index (χ2n) is 5.38. The summed E-state index contributed by atoms with van der Waals surface area (Å²) in [6.07, 6.45) is 0. The van der Waals surface area contributed by atoms with Crippen LogP contribution >= 0.6 is 27.5 Å². The Morgan fingerprint density at radius 3 is 2.25 bits per heavy atom. The zero-order valence-corrected chi connectivity index (χ0v) is 14.5. The molecule has 1 amide bonds. The van der Waals surface area contributed by atoms with Crippen LogP contribution in [0.2, 0.25) is 5.02 Å². The molecular weight excluding hydrogens is 392 g/mol. The van der Waals surface area contributed by atoms with Crippen molar-refractivity contribution in [3.8, 4) is 17.1 Å². The summed E-state index contributed by atoms with van der Waals surface area (Å²) in [5.41, 5.74) is 3.36. The first-order valence-corrected chi connectivity index (χ1v) is 8.32. The number of fused-ring (bicyclic) bond motifs is 1. The third-order valence-corrected chi connectivity index (χ3v) is 4.68. The zero-order valence-electron chi connectivity index (χ0n) is 12.2. The standard InChI is InChI=1S/C18H10BrClN2O2/c19-11-5-1-9(2-6-11)15-13-14(18(24)21-15)16(22-17(13)23)10-3-7-12(20)8-4-10/h1-8,21,24H. The molecule has 0 aliphatic carbocycles. The largest absolute Gasteiger partial charge is 0.494 e. The molecule has 0 fully saturated rings. The highest BCUT2D eigenvalue weighted by Gasteiger charge is 2.33. The molecule has 4 nitrogen and oxygen atoms in total. The lowest BCUT2D eigenvalue weighted by Crippen LogP contribution is -1.99. The van der Waals surface area contributed by atoms with E-state index in [4.69, 9.17) is 11.6 Å². The molecule has 6 heteroatoms. The van der Waals surface area contributed by atoms with Gasteiger partial charge in [0.15, 0.2) is 5.88 Å². The molecule has 0 atom stereocenters. The lowest BCUT2D eigenvalue weighted by atomic mass is 10.0. The number of carbonyl (C=O) groups excluding carboxylic acids is 1. The fourth-order valence-corrected chi connectivity index (χ4v) is 3.18. The average Bonchev–Trinajstić information content (AvgIpc) is 3.08. The molecule has 2 N–H and O–H groups in total. The number of H-pyrrole nitrogens is 1. The summed E-state index contributed by atoms with van der Waals surface area (Å²) in [5.74, 6) is -0.438. The molecule has 2 aromatic carbocycles. The average molecular weight is 402 g/mol. The first kappa shape index (κ1) is 15.2. The van der Waals surface area contributed by atoms with Crippen LogP contribution in [-0.2, 0) is 0 Å². The number of aromatic nitrogens is 1. The van der Waals surface area contributed by atoms with Crippen LogP contribution in [0.1, 0.15) is 21.5 Å². The number of nitrogens with one attached hydrogen (secondary N) is 1. The topological polar surface area (TPSA) is 65.4 Å². The Kier molecular flexibility index (Phi) is 3.55. The van der Waals surface area contributed by atoms with Crippen molar-refractivity contribution in [1.29, 1.82) is 0 Å². The Morgan fingerprint density at radius 1 is 0.958 bits per heavy atom. The molecule has 0 unspecified atom stereocenters. The zero-order chi connectivity index (χ0) is 16.8. The van der Waals surface area contributed by atoms with E-state index < -0.39 is 0 Å². The van der Waals surface area contributed by atoms with Gasteiger partial charge in [0.1, 0.15) is 0 Å². The van der Waals surface area contributed by atoms with Crippen molar-refractivity contribution in [2.45, 2.75) is 0 Å². The third kappa shape index (κ3) is 2.37. The van der Waals surface area contributed by atoms with Gasteiger partial charge in [0.2, 0.25) is 0 Å². The van der Waals surface area contributed by atoms with Crippen LogP contribution in [0.5, 0.6) is 5.88 Å². The van der Waals surface area contributed by atoms with Crippen LogP contribution in [0, 0.1) is 0 Å². The van der Waals surface area contributed by atoms with Gasteiger partial charge in [-0.15, -0.1) is 0 Å². The summed E-state index contributed by atoms with van der Waals surface area (Å²) in [6.45, 7) is 0. The molecule has 0 radical (unpaired) electrons. The summed E-state index contributed by atoms with van der Waals surface area (Å²) < 4.78 is 0.933. The number of benzene rings is 2. The molecule has 1 aromatic heterocycles. The van der Waals surface area contributed by atoms with Crippen LogP contribution < -0.4 is 0 Å². The monoisotopic (exact) mass is 400 g/mol. The third-order valence-electron chi connectivity index (χ3n) is 3.89. The molecule has 2 heterocycles. The number of aliphatic imine (C=N–C) groups is 1. The number of aromatic hydroxyl groups is 1. The minimum Gasteiger partial charge on any atom is -0.494 e. The van der Waals surface area contributed by atoms with Gasteiger partial charge in [0, 0.05) is 15.1 Å². The molecule has 4 rings (SSSR count). The van der Waals surface area contributed by atoms with Gasteiger partial charge in [-0.2, -0.15) is 0 Å². The number of carbonyl (C=O) groups is 1. The lowest BCUT2D eigenvalue weighted by Gasteiger charge is -2.01. The normalized spacial score (nSPS) is 13.1. The maximum absolute atomic E-state index is 12.4. The number of nitrogens with zero attached hydrogens (tertiary/aromatic N) is 1. The molecule has 0 spiro atoms. The molecule has 1 aliphatic rings. The maximum atomic E-state index is 12.4. The molecular formula is C18H10BrClN2O2. The molecule has 24 heavy (non-hydrogen) atoms. The van der Waals surface area contributed by atoms with Gasteiger partial charge in [-0.3, -0.25) is 4.79 Å². The van der Waals surface area contributed by atoms with Crippen LogP contribution in [-0.4, -0.2) is 21.7 Å². The van der Waals surface area contributed by atoms with E-state index in [2.05, 4.69) is 25.9 Å². The van der Waals surface area contributed by atoms with E-state index in [-0.39, 0.29) is 11.8 Å². The summed E-state index contributed by atoms with van der Waals surface area (Å²) >= 11 is 9.29. The van der Waals surface area contributed by atoms with Crippen LogP contribution in [0.4, 0.5) is 0 Å². The molecule has 0 saturated heterocycles. The summed E-state index contributed by atoms with van der Waals surface area (Å²) in [5, 5.41) is 10.9. The highest BCUT2D eigenvalue weighted by molar-refractivity contribution is 9.10. The SMILES string of the molecule is O=C1N=C(c2ccc(Cl)cc2)c2c(O)[nH]c(-c3ccc(Br)cc3)c21. The van der Waals surface area contributed by atoms with Crippen molar-refractivity contribution in [3.63, 3.8) is 0 Å². The summed E-state index contributed by atoms with van der Waals surface area (Å²) in [7, 11) is 0. The van der Waals surface area contributed by atoms with E-state index in [9.17, 15) is 9.90 Å². The minimum absolute atomic E-state index is 0.0672. The van der Waals surface area contributed by atoms with Crippen LogP contribution in [0.15, 0.2) is 58.0 Å². The van der Waals surface area contributed by atoms with Gasteiger partial charge in [-0.05, 0) is 29.8 Å². The van der Waals surface area contributed by atoms with E-state index in [1.165, 1.54) is 0 Å². The van der Waals surface area contributed by atoms with Gasteiger partial charge in [-0.25, -0.2) is 4.99 Å². The number of hydrogen-bond acceptors (Lipinski definition) is 2. The Bertz CT molecular complexity index is 989. The van der Waals surface area contributed by atoms with Crippen LogP contribution in [0.25, 0.3) is 11.3 Å². The van der Waals surface area contributed by atoms with Crippen molar-refractivity contribution in [2.24, 2.45) is 4.99 Å². The molecule has 118 valence electrons. The molecule has 0 bridgehead atoms. The second-order valence-corrected chi connectivity index (χ2v) is 6.73. The van der Waals surface area contributed by atoms with Crippen molar-refractivity contribution in [2.75, 3.05) is 0 Å². The Labute approximate surface area is 151 Å². The summed E-state index contributed by atoms with van der Waals surface area (Å²) in [4.78, 5) is 19.5. The van der Waals surface area contributed by atoms with E-state index >= 15 is 0 Å². The smallest absolute Gasteiger partial charge is 0.280 e. The Morgan fingerprint density at radius 2 is 1.58 bits per heavy atom. The second kappa shape index (κ2) is 5.61. The highest BCUT2D eigenvalue weighted by atomic mass is 79.9. The first-order chi connectivity index (χ1) is 11.5. The predicted molar refractivity (Wildman–Crippen MR) is 97.0 cm³/mol.